The predicted octanol–water partition coefficient (Wildman–Crippen LogP) is 2.52. The number of carbonyl (C=O) groups is 1. The highest BCUT2D eigenvalue weighted by Crippen LogP contribution is 2.27. The summed E-state index contributed by atoms with van der Waals surface area (Å²) in [6.45, 7) is 2.49. The zero-order valence-corrected chi connectivity index (χ0v) is 18.3. The van der Waals surface area contributed by atoms with Gasteiger partial charge >= 0.3 is 0 Å². The summed E-state index contributed by atoms with van der Waals surface area (Å²) in [5.74, 6) is 1.17. The summed E-state index contributed by atoms with van der Waals surface area (Å²) in [5, 5.41) is 2.85. The van der Waals surface area contributed by atoms with Crippen LogP contribution in [0.5, 0.6) is 5.75 Å². The van der Waals surface area contributed by atoms with Gasteiger partial charge in [0.1, 0.15) is 5.75 Å². The Hall–Kier alpha value is -4.31. The number of amides is 1. The molecule has 10 nitrogen and oxygen atoms in total. The molecular formula is C24H23N7O3. The molecule has 1 saturated heterocycles. The second-order valence-corrected chi connectivity index (χ2v) is 7.66. The van der Waals surface area contributed by atoms with E-state index >= 15 is 0 Å². The van der Waals surface area contributed by atoms with Crippen LogP contribution in [0.2, 0.25) is 0 Å². The molecule has 0 aliphatic carbocycles. The second kappa shape index (κ2) is 9.67. The maximum absolute atomic E-state index is 12.4. The lowest BCUT2D eigenvalue weighted by Gasteiger charge is -2.28. The molecule has 2 aromatic heterocycles. The van der Waals surface area contributed by atoms with E-state index in [1.54, 1.807) is 24.4 Å². The van der Waals surface area contributed by atoms with E-state index in [-0.39, 0.29) is 18.5 Å². The number of nitrogen functional groups attached to an aromatic ring is 1. The second-order valence-electron chi connectivity index (χ2n) is 7.66. The van der Waals surface area contributed by atoms with Crippen molar-refractivity contribution in [1.82, 2.24) is 19.9 Å². The van der Waals surface area contributed by atoms with Crippen LogP contribution in [-0.4, -0.2) is 58.8 Å². The van der Waals surface area contributed by atoms with Gasteiger partial charge in [0.15, 0.2) is 23.6 Å². The highest BCUT2D eigenvalue weighted by molar-refractivity contribution is 5.92. The normalized spacial score (nSPS) is 13.6. The van der Waals surface area contributed by atoms with E-state index in [0.717, 1.165) is 5.56 Å². The number of para-hydroxylation sites is 1. The molecule has 4 aromatic rings. The highest BCUT2D eigenvalue weighted by Gasteiger charge is 2.19. The minimum atomic E-state index is -0.260. The summed E-state index contributed by atoms with van der Waals surface area (Å²) in [7, 11) is 0. The molecule has 10 heteroatoms. The van der Waals surface area contributed by atoms with Crippen molar-refractivity contribution in [2.75, 3.05) is 48.9 Å². The maximum atomic E-state index is 12.4. The van der Waals surface area contributed by atoms with Crippen LogP contribution >= 0.6 is 0 Å². The van der Waals surface area contributed by atoms with Crippen LogP contribution in [0.1, 0.15) is 0 Å². The molecule has 3 N–H and O–H groups in total. The van der Waals surface area contributed by atoms with Gasteiger partial charge in [0.25, 0.3) is 5.91 Å². The Morgan fingerprint density at radius 2 is 1.88 bits per heavy atom. The third kappa shape index (κ3) is 4.86. The zero-order chi connectivity index (χ0) is 23.3. The molecule has 0 bridgehead atoms. The van der Waals surface area contributed by atoms with E-state index in [0.29, 0.717) is 60.4 Å². The third-order valence-electron chi connectivity index (χ3n) is 5.27. The largest absolute Gasteiger partial charge is 0.484 e. The third-order valence-corrected chi connectivity index (χ3v) is 5.27. The van der Waals surface area contributed by atoms with Crippen molar-refractivity contribution < 1.29 is 14.3 Å². The first-order valence-electron chi connectivity index (χ1n) is 10.9. The fraction of sp³-hybridized carbons (Fsp3) is 0.208. The fourth-order valence-corrected chi connectivity index (χ4v) is 3.66. The average Bonchev–Trinajstić information content (AvgIpc) is 2.88. The number of nitrogens with one attached hydrogen (secondary N) is 1. The Labute approximate surface area is 195 Å². The lowest BCUT2D eigenvalue weighted by molar-refractivity contribution is -0.118. The van der Waals surface area contributed by atoms with Gasteiger partial charge < -0.3 is 25.4 Å². The topological polar surface area (TPSA) is 128 Å². The van der Waals surface area contributed by atoms with Crippen LogP contribution in [0, 0.1) is 0 Å². The van der Waals surface area contributed by atoms with Crippen LogP contribution in [0.25, 0.3) is 22.4 Å². The van der Waals surface area contributed by atoms with Gasteiger partial charge in [-0.2, -0.15) is 9.97 Å². The Balaban J connectivity index is 1.37. The summed E-state index contributed by atoms with van der Waals surface area (Å²) in [5.41, 5.74) is 8.96. The van der Waals surface area contributed by atoms with Gasteiger partial charge in [-0.05, 0) is 24.3 Å². The van der Waals surface area contributed by atoms with Crippen molar-refractivity contribution in [3.05, 3.63) is 60.8 Å². The van der Waals surface area contributed by atoms with Gasteiger partial charge in [-0.1, -0.05) is 30.3 Å². The SMILES string of the molecule is Nc1nc(N2CCOCC2)c2nc(-c3cccc(NC(=O)COc4ccccc4)c3)cnc2n1. The Morgan fingerprint density at radius 3 is 2.71 bits per heavy atom. The van der Waals surface area contributed by atoms with Crippen LogP contribution in [0.4, 0.5) is 17.5 Å². The summed E-state index contributed by atoms with van der Waals surface area (Å²) < 4.78 is 11.0. The Morgan fingerprint density at radius 1 is 1.06 bits per heavy atom. The first-order chi connectivity index (χ1) is 16.7. The van der Waals surface area contributed by atoms with Crippen molar-refractivity contribution in [2.24, 2.45) is 0 Å². The number of hydrogen-bond acceptors (Lipinski definition) is 9. The standard InChI is InChI=1S/C24H23N7O3/c25-24-29-22-21(23(30-24)31-9-11-33-12-10-31)28-19(14-26-22)16-5-4-6-17(13-16)27-20(32)15-34-18-7-2-1-3-8-18/h1-8,13-14H,9-12,15H2,(H,27,32)(H2,25,26,29,30). The maximum Gasteiger partial charge on any atom is 0.262 e. The monoisotopic (exact) mass is 457 g/mol. The van der Waals surface area contributed by atoms with Crippen molar-refractivity contribution >= 4 is 34.5 Å². The number of anilines is 3. The number of morpholine rings is 1. The van der Waals surface area contributed by atoms with Crippen LogP contribution in [0.15, 0.2) is 60.8 Å². The summed E-state index contributed by atoms with van der Waals surface area (Å²) in [6.07, 6.45) is 1.64. The van der Waals surface area contributed by atoms with Gasteiger partial charge in [-0.25, -0.2) is 9.97 Å². The van der Waals surface area contributed by atoms with Gasteiger partial charge in [-0.15, -0.1) is 0 Å². The van der Waals surface area contributed by atoms with Crippen LogP contribution in [0.3, 0.4) is 0 Å². The van der Waals surface area contributed by atoms with Crippen LogP contribution < -0.4 is 20.7 Å². The number of fused-ring (bicyclic) bond motifs is 1. The number of carbonyl (C=O) groups excluding carboxylic acids is 1. The molecule has 2 aromatic carbocycles. The average molecular weight is 457 g/mol. The van der Waals surface area contributed by atoms with Crippen molar-refractivity contribution in [1.29, 1.82) is 0 Å². The fourth-order valence-electron chi connectivity index (χ4n) is 3.66. The smallest absolute Gasteiger partial charge is 0.262 e. The zero-order valence-electron chi connectivity index (χ0n) is 18.3. The number of rotatable bonds is 6. The molecule has 0 atom stereocenters. The first-order valence-corrected chi connectivity index (χ1v) is 10.9. The molecule has 172 valence electrons. The van der Waals surface area contributed by atoms with Crippen molar-refractivity contribution in [3.63, 3.8) is 0 Å². The van der Waals surface area contributed by atoms with E-state index in [1.165, 1.54) is 0 Å². The molecule has 1 aliphatic rings. The van der Waals surface area contributed by atoms with E-state index in [9.17, 15) is 4.79 Å². The molecule has 1 aliphatic heterocycles. The first kappa shape index (κ1) is 21.5. The Kier molecular flexibility index (Phi) is 6.13. The number of ether oxygens (including phenoxy) is 2. The number of nitrogens with two attached hydrogens (primary N) is 1. The van der Waals surface area contributed by atoms with Crippen molar-refractivity contribution in [2.45, 2.75) is 0 Å². The molecule has 3 heterocycles. The molecule has 5 rings (SSSR count). The van der Waals surface area contributed by atoms with Gasteiger partial charge in [-0.3, -0.25) is 4.79 Å². The quantitative estimate of drug-likeness (QED) is 0.449. The summed E-state index contributed by atoms with van der Waals surface area (Å²) in [6, 6.07) is 16.6. The van der Waals surface area contributed by atoms with E-state index < -0.39 is 0 Å². The molecule has 0 spiro atoms. The van der Waals surface area contributed by atoms with Gasteiger partial charge in [0, 0.05) is 24.3 Å². The number of nitrogens with zero attached hydrogens (tertiary/aromatic N) is 5. The van der Waals surface area contributed by atoms with Gasteiger partial charge in [0.2, 0.25) is 5.95 Å². The number of hydrogen-bond donors (Lipinski definition) is 2. The van der Waals surface area contributed by atoms with E-state index in [4.69, 9.17) is 20.2 Å². The van der Waals surface area contributed by atoms with Crippen LogP contribution in [-0.2, 0) is 9.53 Å². The lowest BCUT2D eigenvalue weighted by atomic mass is 10.1. The van der Waals surface area contributed by atoms with Crippen molar-refractivity contribution in [3.8, 4) is 17.0 Å². The highest BCUT2D eigenvalue weighted by atomic mass is 16.5. The molecule has 1 amide bonds. The summed E-state index contributed by atoms with van der Waals surface area (Å²) >= 11 is 0. The molecule has 0 radical (unpaired) electrons. The van der Waals surface area contributed by atoms with E-state index in [2.05, 4.69) is 25.2 Å². The number of benzene rings is 2. The lowest BCUT2D eigenvalue weighted by Crippen LogP contribution is -2.37. The molecule has 0 saturated carbocycles. The minimum Gasteiger partial charge on any atom is -0.484 e. The minimum absolute atomic E-state index is 0.0916. The summed E-state index contributed by atoms with van der Waals surface area (Å²) in [4.78, 5) is 32.3. The van der Waals surface area contributed by atoms with E-state index in [1.807, 2.05) is 36.4 Å². The number of aromatic nitrogens is 4. The molecule has 34 heavy (non-hydrogen) atoms. The predicted molar refractivity (Wildman–Crippen MR) is 129 cm³/mol. The molecular weight excluding hydrogens is 434 g/mol. The molecule has 1 fully saturated rings. The Bertz CT molecular complexity index is 1310. The molecule has 0 unspecified atom stereocenters. The van der Waals surface area contributed by atoms with Gasteiger partial charge in [0.05, 0.1) is 25.1 Å².